The van der Waals surface area contributed by atoms with Gasteiger partial charge < -0.3 is 10.3 Å². The zero-order valence-electron chi connectivity index (χ0n) is 12.5. The summed E-state index contributed by atoms with van der Waals surface area (Å²) in [6.07, 6.45) is 1.81. The number of aromatic nitrogens is 4. The first-order chi connectivity index (χ1) is 11.8. The lowest BCUT2D eigenvalue weighted by Gasteiger charge is -1.97. The zero-order chi connectivity index (χ0) is 16.4. The van der Waals surface area contributed by atoms with Gasteiger partial charge in [0.15, 0.2) is 5.16 Å². The highest BCUT2D eigenvalue weighted by molar-refractivity contribution is 7.98. The van der Waals surface area contributed by atoms with Gasteiger partial charge in [0.2, 0.25) is 5.89 Å². The second-order valence-electron chi connectivity index (χ2n) is 4.95. The van der Waals surface area contributed by atoms with E-state index in [0.29, 0.717) is 22.7 Å². The van der Waals surface area contributed by atoms with Crippen molar-refractivity contribution in [1.82, 2.24) is 19.9 Å². The van der Waals surface area contributed by atoms with Gasteiger partial charge in [-0.2, -0.15) is 0 Å². The van der Waals surface area contributed by atoms with Gasteiger partial charge in [-0.05, 0) is 11.4 Å². The molecule has 0 aliphatic carbocycles. The lowest BCUT2D eigenvalue weighted by atomic mass is 10.2. The highest BCUT2D eigenvalue weighted by atomic mass is 32.2. The van der Waals surface area contributed by atoms with Crippen LogP contribution in [0.15, 0.2) is 63.6 Å². The summed E-state index contributed by atoms with van der Waals surface area (Å²) in [5.41, 5.74) is 1.87. The van der Waals surface area contributed by atoms with Gasteiger partial charge >= 0.3 is 0 Å². The summed E-state index contributed by atoms with van der Waals surface area (Å²) < 4.78 is 7.19. The Bertz CT molecular complexity index is 931. The SMILES string of the molecule is Nn1cc(-c2ccccc2)nc1SCc1nnc(-c2cccs2)o1. The van der Waals surface area contributed by atoms with Crippen LogP contribution in [0.5, 0.6) is 0 Å². The first-order valence-corrected chi connectivity index (χ1v) is 9.05. The lowest BCUT2D eigenvalue weighted by molar-refractivity contribution is 0.529. The third-order valence-electron chi connectivity index (χ3n) is 3.29. The van der Waals surface area contributed by atoms with E-state index in [1.165, 1.54) is 16.4 Å². The highest BCUT2D eigenvalue weighted by Crippen LogP contribution is 2.27. The Morgan fingerprint density at radius 3 is 2.79 bits per heavy atom. The van der Waals surface area contributed by atoms with Crippen LogP contribution in [-0.2, 0) is 5.75 Å². The maximum absolute atomic E-state index is 5.99. The van der Waals surface area contributed by atoms with E-state index in [1.54, 1.807) is 11.3 Å². The van der Waals surface area contributed by atoms with Crippen LogP contribution in [0, 0.1) is 0 Å². The van der Waals surface area contributed by atoms with Crippen LogP contribution in [0.2, 0.25) is 0 Å². The maximum Gasteiger partial charge on any atom is 0.257 e. The van der Waals surface area contributed by atoms with Crippen LogP contribution < -0.4 is 5.84 Å². The van der Waals surface area contributed by atoms with Crippen LogP contribution in [0.4, 0.5) is 0 Å². The number of nitrogens with two attached hydrogens (primary N) is 1. The van der Waals surface area contributed by atoms with E-state index in [4.69, 9.17) is 10.3 Å². The van der Waals surface area contributed by atoms with E-state index in [2.05, 4.69) is 15.2 Å². The fraction of sp³-hybridized carbons (Fsp3) is 0.0625. The molecule has 0 saturated heterocycles. The predicted molar refractivity (Wildman–Crippen MR) is 95.0 cm³/mol. The quantitative estimate of drug-likeness (QED) is 0.434. The van der Waals surface area contributed by atoms with Crippen molar-refractivity contribution in [3.8, 4) is 22.0 Å². The number of hydrogen-bond acceptors (Lipinski definition) is 7. The molecule has 0 unspecified atom stereocenters. The summed E-state index contributed by atoms with van der Waals surface area (Å²) >= 11 is 3.03. The Balaban J connectivity index is 1.48. The number of benzene rings is 1. The van der Waals surface area contributed by atoms with Crippen molar-refractivity contribution >= 4 is 23.1 Å². The molecule has 0 aliphatic rings. The number of thiophene rings is 1. The first-order valence-electron chi connectivity index (χ1n) is 7.18. The summed E-state index contributed by atoms with van der Waals surface area (Å²) in [6, 6.07) is 13.8. The molecule has 24 heavy (non-hydrogen) atoms. The number of nitrogen functional groups attached to an aromatic ring is 1. The molecule has 0 atom stereocenters. The molecule has 0 amide bonds. The van der Waals surface area contributed by atoms with Crippen molar-refractivity contribution in [2.24, 2.45) is 0 Å². The van der Waals surface area contributed by atoms with Crippen molar-refractivity contribution in [3.63, 3.8) is 0 Å². The molecule has 0 radical (unpaired) electrons. The fourth-order valence-electron chi connectivity index (χ4n) is 2.17. The molecule has 6 nitrogen and oxygen atoms in total. The standard InChI is InChI=1S/C16H13N5OS2/c17-21-9-12(11-5-2-1-3-6-11)18-16(21)24-10-14-19-20-15(22-14)13-7-4-8-23-13/h1-9H,10,17H2. The zero-order valence-corrected chi connectivity index (χ0v) is 14.1. The molecule has 2 N–H and O–H groups in total. The van der Waals surface area contributed by atoms with E-state index < -0.39 is 0 Å². The van der Waals surface area contributed by atoms with Crippen molar-refractivity contribution < 1.29 is 4.42 Å². The summed E-state index contributed by atoms with van der Waals surface area (Å²) in [7, 11) is 0. The van der Waals surface area contributed by atoms with Crippen LogP contribution in [-0.4, -0.2) is 19.9 Å². The molecule has 3 aromatic heterocycles. The van der Waals surface area contributed by atoms with Gasteiger partial charge in [0.05, 0.1) is 22.5 Å². The second-order valence-corrected chi connectivity index (χ2v) is 6.84. The molecule has 4 rings (SSSR count). The van der Waals surface area contributed by atoms with E-state index >= 15 is 0 Å². The van der Waals surface area contributed by atoms with Gasteiger partial charge in [0, 0.05) is 5.56 Å². The monoisotopic (exact) mass is 355 g/mol. The predicted octanol–water partition coefficient (Wildman–Crippen LogP) is 3.67. The molecule has 4 aromatic rings. The van der Waals surface area contributed by atoms with E-state index in [0.717, 1.165) is 16.1 Å². The molecule has 0 spiro atoms. The molecule has 1 aromatic carbocycles. The molecular weight excluding hydrogens is 342 g/mol. The summed E-state index contributed by atoms with van der Waals surface area (Å²) in [5, 5.41) is 10.8. The van der Waals surface area contributed by atoms with Crippen LogP contribution in [0.25, 0.3) is 22.0 Å². The van der Waals surface area contributed by atoms with Crippen LogP contribution in [0.3, 0.4) is 0 Å². The lowest BCUT2D eigenvalue weighted by Crippen LogP contribution is -2.07. The summed E-state index contributed by atoms with van der Waals surface area (Å²) in [5.74, 6) is 7.60. The van der Waals surface area contributed by atoms with E-state index in [9.17, 15) is 0 Å². The van der Waals surface area contributed by atoms with Gasteiger partial charge in [-0.25, -0.2) is 9.66 Å². The van der Waals surface area contributed by atoms with Crippen molar-refractivity contribution in [2.45, 2.75) is 10.9 Å². The highest BCUT2D eigenvalue weighted by Gasteiger charge is 2.13. The molecular formula is C16H13N5OS2. The number of nitrogens with zero attached hydrogens (tertiary/aromatic N) is 4. The third-order valence-corrected chi connectivity index (χ3v) is 5.10. The minimum absolute atomic E-state index is 0.515. The maximum atomic E-state index is 5.99. The average molecular weight is 355 g/mol. The molecule has 0 saturated carbocycles. The number of hydrogen-bond donors (Lipinski definition) is 1. The minimum atomic E-state index is 0.515. The topological polar surface area (TPSA) is 82.8 Å². The normalized spacial score (nSPS) is 11.0. The van der Waals surface area contributed by atoms with Crippen molar-refractivity contribution in [2.75, 3.05) is 5.84 Å². The average Bonchev–Trinajstić information content (AvgIpc) is 3.34. The van der Waals surface area contributed by atoms with Crippen molar-refractivity contribution in [3.05, 3.63) is 59.9 Å². The summed E-state index contributed by atoms with van der Waals surface area (Å²) in [6.45, 7) is 0. The smallest absolute Gasteiger partial charge is 0.257 e. The molecule has 3 heterocycles. The third kappa shape index (κ3) is 3.06. The first kappa shape index (κ1) is 15.0. The molecule has 8 heteroatoms. The number of rotatable bonds is 5. The molecule has 0 fully saturated rings. The van der Waals surface area contributed by atoms with Crippen LogP contribution in [0.1, 0.15) is 5.89 Å². The second kappa shape index (κ2) is 6.50. The summed E-state index contributed by atoms with van der Waals surface area (Å²) in [4.78, 5) is 5.53. The van der Waals surface area contributed by atoms with Gasteiger partial charge in [-0.1, -0.05) is 48.2 Å². The Morgan fingerprint density at radius 2 is 2.00 bits per heavy atom. The fourth-order valence-corrected chi connectivity index (χ4v) is 3.55. The number of imidazole rings is 1. The van der Waals surface area contributed by atoms with Crippen molar-refractivity contribution in [1.29, 1.82) is 0 Å². The van der Waals surface area contributed by atoms with Gasteiger partial charge in [-0.15, -0.1) is 21.5 Å². The van der Waals surface area contributed by atoms with E-state index in [-0.39, 0.29) is 0 Å². The van der Waals surface area contributed by atoms with Gasteiger partial charge in [-0.3, -0.25) is 0 Å². The Morgan fingerprint density at radius 1 is 1.12 bits per heavy atom. The molecule has 0 aliphatic heterocycles. The van der Waals surface area contributed by atoms with Gasteiger partial charge in [0.25, 0.3) is 5.89 Å². The minimum Gasteiger partial charge on any atom is -0.419 e. The van der Waals surface area contributed by atoms with Gasteiger partial charge in [0.1, 0.15) is 0 Å². The van der Waals surface area contributed by atoms with Crippen LogP contribution >= 0.6 is 23.1 Å². The molecule has 120 valence electrons. The van der Waals surface area contributed by atoms with E-state index in [1.807, 2.05) is 54.0 Å². The Kier molecular flexibility index (Phi) is 4.06. The Labute approximate surface area is 146 Å². The largest absolute Gasteiger partial charge is 0.419 e. The number of thioether (sulfide) groups is 1. The molecule has 0 bridgehead atoms. The Hall–Kier alpha value is -2.58.